The van der Waals surface area contributed by atoms with Gasteiger partial charge in [-0.2, -0.15) is 0 Å². The van der Waals surface area contributed by atoms with Gasteiger partial charge in [0.2, 0.25) is 0 Å². The Morgan fingerprint density at radius 1 is 1.00 bits per heavy atom. The summed E-state index contributed by atoms with van der Waals surface area (Å²) < 4.78 is 0. The smallest absolute Gasteiger partial charge is 0.0420 e. The van der Waals surface area contributed by atoms with Crippen LogP contribution >= 0.6 is 0 Å². The number of azide groups is 1. The molecule has 0 aliphatic rings. The van der Waals surface area contributed by atoms with E-state index in [4.69, 9.17) is 5.53 Å². The van der Waals surface area contributed by atoms with E-state index in [2.05, 4.69) is 46.1 Å². The van der Waals surface area contributed by atoms with Crippen LogP contribution in [0.3, 0.4) is 0 Å². The van der Waals surface area contributed by atoms with Crippen LogP contribution in [0.2, 0.25) is 0 Å². The summed E-state index contributed by atoms with van der Waals surface area (Å²) in [6.07, 6.45) is 0. The van der Waals surface area contributed by atoms with Crippen LogP contribution in [0.4, 0.5) is 5.69 Å². The second-order valence-corrected chi connectivity index (χ2v) is 4.61. The third-order valence-corrected chi connectivity index (χ3v) is 3.23. The van der Waals surface area contributed by atoms with E-state index in [0.29, 0.717) is 5.69 Å². The summed E-state index contributed by atoms with van der Waals surface area (Å²) in [4.78, 5) is 5.21. The molecule has 0 amide bonds. The zero-order valence-electron chi connectivity index (χ0n) is 11.6. The molecule has 0 spiro atoms. The largest absolute Gasteiger partial charge is 0.295 e. The molecule has 0 radical (unpaired) electrons. The highest BCUT2D eigenvalue weighted by molar-refractivity contribution is 5.45. The van der Waals surface area contributed by atoms with E-state index in [0.717, 1.165) is 25.2 Å². The number of hydrogen-bond acceptors (Lipinski definition) is 2. The molecule has 0 unspecified atom stereocenters. The van der Waals surface area contributed by atoms with Crippen LogP contribution < -0.4 is 0 Å². The van der Waals surface area contributed by atoms with Gasteiger partial charge in [-0.3, -0.25) is 4.90 Å². The molecule has 0 saturated heterocycles. The Labute approximate surface area is 119 Å². The van der Waals surface area contributed by atoms with Crippen LogP contribution in [-0.4, -0.2) is 11.4 Å². The standard InChI is InChI=1S/C16H18N4/c1-2-20(12-14-8-4-3-5-9-14)13-15-10-6-7-11-16(15)18-19-17/h3-11H,2,12-13H2,1H3. The predicted octanol–water partition coefficient (Wildman–Crippen LogP) is 4.65. The van der Waals surface area contributed by atoms with Gasteiger partial charge in [0, 0.05) is 23.7 Å². The summed E-state index contributed by atoms with van der Waals surface area (Å²) in [7, 11) is 0. The minimum absolute atomic E-state index is 0.710. The first-order valence-corrected chi connectivity index (χ1v) is 6.72. The van der Waals surface area contributed by atoms with E-state index in [-0.39, 0.29) is 0 Å². The molecule has 0 N–H and O–H groups in total. The zero-order valence-corrected chi connectivity index (χ0v) is 11.6. The van der Waals surface area contributed by atoms with E-state index >= 15 is 0 Å². The molecule has 0 saturated carbocycles. The van der Waals surface area contributed by atoms with Crippen molar-refractivity contribution in [3.05, 3.63) is 76.2 Å². The monoisotopic (exact) mass is 266 g/mol. The van der Waals surface area contributed by atoms with Gasteiger partial charge in [0.25, 0.3) is 0 Å². The third kappa shape index (κ3) is 3.85. The molecule has 0 aromatic heterocycles. The lowest BCUT2D eigenvalue weighted by Crippen LogP contribution is -2.22. The van der Waals surface area contributed by atoms with Crippen LogP contribution in [0.5, 0.6) is 0 Å². The van der Waals surface area contributed by atoms with Crippen molar-refractivity contribution in [3.63, 3.8) is 0 Å². The van der Waals surface area contributed by atoms with Crippen molar-refractivity contribution in [3.8, 4) is 0 Å². The van der Waals surface area contributed by atoms with Crippen molar-refractivity contribution in [2.75, 3.05) is 6.54 Å². The molecule has 20 heavy (non-hydrogen) atoms. The number of rotatable bonds is 6. The van der Waals surface area contributed by atoms with E-state index in [9.17, 15) is 0 Å². The Balaban J connectivity index is 2.12. The molecule has 4 heteroatoms. The van der Waals surface area contributed by atoms with E-state index in [1.807, 2.05) is 30.3 Å². The maximum absolute atomic E-state index is 8.62. The van der Waals surface area contributed by atoms with E-state index in [1.165, 1.54) is 5.56 Å². The van der Waals surface area contributed by atoms with Crippen LogP contribution in [0, 0.1) is 0 Å². The van der Waals surface area contributed by atoms with Gasteiger partial charge in [-0.05, 0) is 23.2 Å². The van der Waals surface area contributed by atoms with Crippen LogP contribution in [0.1, 0.15) is 18.1 Å². The Hall–Kier alpha value is -2.29. The summed E-state index contributed by atoms with van der Waals surface area (Å²) in [6.45, 7) is 4.75. The first kappa shape index (κ1) is 14.1. The zero-order chi connectivity index (χ0) is 14.2. The van der Waals surface area contributed by atoms with Crippen molar-refractivity contribution in [1.29, 1.82) is 0 Å². The summed E-state index contributed by atoms with van der Waals surface area (Å²) >= 11 is 0. The maximum atomic E-state index is 8.62. The molecule has 4 nitrogen and oxygen atoms in total. The molecule has 0 aliphatic heterocycles. The topological polar surface area (TPSA) is 52.0 Å². The van der Waals surface area contributed by atoms with Crippen molar-refractivity contribution < 1.29 is 0 Å². The normalized spacial score (nSPS) is 10.3. The van der Waals surface area contributed by atoms with Crippen molar-refractivity contribution in [2.24, 2.45) is 5.11 Å². The van der Waals surface area contributed by atoms with Crippen molar-refractivity contribution >= 4 is 5.69 Å². The molecule has 0 atom stereocenters. The van der Waals surface area contributed by atoms with Gasteiger partial charge in [0.05, 0.1) is 0 Å². The first-order chi connectivity index (χ1) is 9.83. The fourth-order valence-corrected chi connectivity index (χ4v) is 2.15. The quantitative estimate of drug-likeness (QED) is 0.426. The van der Waals surface area contributed by atoms with Gasteiger partial charge < -0.3 is 0 Å². The minimum atomic E-state index is 0.710. The van der Waals surface area contributed by atoms with Crippen LogP contribution in [0.15, 0.2) is 59.7 Å². The Morgan fingerprint density at radius 2 is 1.70 bits per heavy atom. The SMILES string of the molecule is CCN(Cc1ccccc1)Cc1ccccc1N=[N+]=[N-]. The average Bonchev–Trinajstić information content (AvgIpc) is 2.50. The van der Waals surface area contributed by atoms with Crippen molar-refractivity contribution in [2.45, 2.75) is 20.0 Å². The van der Waals surface area contributed by atoms with Crippen LogP contribution in [0.25, 0.3) is 10.4 Å². The molecule has 0 fully saturated rings. The molecule has 2 aromatic carbocycles. The molecule has 0 aliphatic carbocycles. The summed E-state index contributed by atoms with van der Waals surface area (Å²) in [5, 5.41) is 3.75. The van der Waals surface area contributed by atoms with Gasteiger partial charge in [-0.25, -0.2) is 0 Å². The molecular weight excluding hydrogens is 248 g/mol. The molecule has 2 aromatic rings. The third-order valence-electron chi connectivity index (χ3n) is 3.23. The summed E-state index contributed by atoms with van der Waals surface area (Å²) in [6, 6.07) is 18.1. The molecule has 0 heterocycles. The first-order valence-electron chi connectivity index (χ1n) is 6.72. The van der Waals surface area contributed by atoms with E-state index in [1.54, 1.807) is 0 Å². The highest BCUT2D eigenvalue weighted by Crippen LogP contribution is 2.21. The van der Waals surface area contributed by atoms with Gasteiger partial charge in [0.15, 0.2) is 0 Å². The lowest BCUT2D eigenvalue weighted by atomic mass is 10.1. The Kier molecular flexibility index (Phi) is 5.18. The van der Waals surface area contributed by atoms with E-state index < -0.39 is 0 Å². The lowest BCUT2D eigenvalue weighted by molar-refractivity contribution is 0.272. The molecule has 2 rings (SSSR count). The lowest BCUT2D eigenvalue weighted by Gasteiger charge is -2.21. The van der Waals surface area contributed by atoms with Gasteiger partial charge in [-0.1, -0.05) is 66.6 Å². The molecule has 0 bridgehead atoms. The van der Waals surface area contributed by atoms with Gasteiger partial charge in [0.1, 0.15) is 0 Å². The number of hydrogen-bond donors (Lipinski definition) is 0. The fourth-order valence-electron chi connectivity index (χ4n) is 2.15. The summed E-state index contributed by atoms with van der Waals surface area (Å²) in [5.74, 6) is 0. The van der Waals surface area contributed by atoms with Crippen LogP contribution in [-0.2, 0) is 13.1 Å². The molecule has 102 valence electrons. The number of benzene rings is 2. The fraction of sp³-hybridized carbons (Fsp3) is 0.250. The Morgan fingerprint density at radius 3 is 2.40 bits per heavy atom. The van der Waals surface area contributed by atoms with Gasteiger partial charge in [-0.15, -0.1) is 0 Å². The summed E-state index contributed by atoms with van der Waals surface area (Å²) in [5.41, 5.74) is 11.7. The molecular formula is C16H18N4. The second-order valence-electron chi connectivity index (χ2n) is 4.61. The predicted molar refractivity (Wildman–Crippen MR) is 81.5 cm³/mol. The Bertz CT molecular complexity index is 588. The average molecular weight is 266 g/mol. The highest BCUT2D eigenvalue weighted by atomic mass is 15.1. The minimum Gasteiger partial charge on any atom is -0.295 e. The van der Waals surface area contributed by atoms with Gasteiger partial charge >= 0.3 is 0 Å². The number of nitrogens with zero attached hydrogens (tertiary/aromatic N) is 4. The second kappa shape index (κ2) is 7.34. The maximum Gasteiger partial charge on any atom is 0.0420 e. The van der Waals surface area contributed by atoms with Crippen molar-refractivity contribution in [1.82, 2.24) is 4.90 Å². The highest BCUT2D eigenvalue weighted by Gasteiger charge is 2.07.